The maximum atomic E-state index is 10.8. The number of hydrogen-bond acceptors (Lipinski definition) is 6. The average molecular weight is 291 g/mol. The van der Waals surface area contributed by atoms with E-state index in [2.05, 4.69) is 15.5 Å². The molecule has 0 amide bonds. The van der Waals surface area contributed by atoms with E-state index in [-0.39, 0.29) is 15.9 Å². The zero-order valence-electron chi connectivity index (χ0n) is 10.8. The van der Waals surface area contributed by atoms with Crippen molar-refractivity contribution in [2.24, 2.45) is 0 Å². The molecule has 0 unspecified atom stereocenters. The molecule has 104 valence electrons. The Labute approximate surface area is 119 Å². The first-order valence-corrected chi connectivity index (χ1v) is 7.22. The summed E-state index contributed by atoms with van der Waals surface area (Å²) in [6.07, 6.45) is 2.23. The van der Waals surface area contributed by atoms with Gasteiger partial charge in [-0.1, -0.05) is 23.9 Å². The van der Waals surface area contributed by atoms with Crippen LogP contribution in [0.4, 0.5) is 5.69 Å². The third kappa shape index (κ3) is 2.64. The van der Waals surface area contributed by atoms with Gasteiger partial charge in [0.15, 0.2) is 0 Å². The van der Waals surface area contributed by atoms with Crippen molar-refractivity contribution in [3.8, 4) is 0 Å². The summed E-state index contributed by atoms with van der Waals surface area (Å²) < 4.78 is 1.85. The van der Waals surface area contributed by atoms with Crippen LogP contribution in [0.5, 0.6) is 0 Å². The summed E-state index contributed by atoms with van der Waals surface area (Å²) in [6.45, 7) is 2.00. The molecule has 0 N–H and O–H groups in total. The van der Waals surface area contributed by atoms with Crippen molar-refractivity contribution in [2.75, 3.05) is 0 Å². The van der Waals surface area contributed by atoms with E-state index < -0.39 is 0 Å². The quantitative estimate of drug-likeness (QED) is 0.478. The number of aromatic nitrogens is 4. The fourth-order valence-electron chi connectivity index (χ4n) is 1.93. The molecule has 1 aliphatic carbocycles. The van der Waals surface area contributed by atoms with Gasteiger partial charge < -0.3 is 0 Å². The minimum absolute atomic E-state index is 0.0541. The molecule has 8 heteroatoms. The fourth-order valence-corrected chi connectivity index (χ4v) is 2.90. The molecule has 3 rings (SSSR count). The van der Waals surface area contributed by atoms with Crippen LogP contribution in [0.1, 0.15) is 36.6 Å². The maximum Gasteiger partial charge on any atom is 0.269 e. The Morgan fingerprint density at radius 3 is 3.00 bits per heavy atom. The highest BCUT2D eigenvalue weighted by Crippen LogP contribution is 2.40. The predicted octanol–water partition coefficient (Wildman–Crippen LogP) is 2.77. The number of hydrogen-bond donors (Lipinski definition) is 0. The van der Waals surface area contributed by atoms with Crippen LogP contribution in [0.25, 0.3) is 0 Å². The lowest BCUT2D eigenvalue weighted by atomic mass is 10.1. The van der Waals surface area contributed by atoms with Crippen LogP contribution in [-0.4, -0.2) is 25.1 Å². The Bertz CT molecular complexity index is 640. The van der Waals surface area contributed by atoms with E-state index in [9.17, 15) is 10.1 Å². The number of benzene rings is 1. The summed E-state index contributed by atoms with van der Waals surface area (Å²) >= 11 is 1.52. The number of nitro groups is 1. The van der Waals surface area contributed by atoms with E-state index in [0.717, 1.165) is 23.6 Å². The SMILES string of the molecule is C[C@@H](Sc1nnnn1C1CC1)c1cccc([N+](=O)[O-])c1. The molecule has 0 saturated heterocycles. The van der Waals surface area contributed by atoms with Crippen LogP contribution in [0.15, 0.2) is 29.4 Å². The van der Waals surface area contributed by atoms with E-state index in [0.29, 0.717) is 6.04 Å². The summed E-state index contributed by atoms with van der Waals surface area (Å²) in [5, 5.41) is 23.4. The number of nitro benzene ring substituents is 1. The van der Waals surface area contributed by atoms with Gasteiger partial charge in [0, 0.05) is 17.4 Å². The minimum atomic E-state index is -0.380. The number of thioether (sulfide) groups is 1. The zero-order valence-corrected chi connectivity index (χ0v) is 11.7. The highest BCUT2D eigenvalue weighted by Gasteiger charge is 2.28. The second-order valence-corrected chi connectivity index (χ2v) is 6.06. The van der Waals surface area contributed by atoms with Crippen molar-refractivity contribution in [2.45, 2.75) is 36.2 Å². The molecule has 1 fully saturated rings. The van der Waals surface area contributed by atoms with Crippen molar-refractivity contribution < 1.29 is 4.92 Å². The Hall–Kier alpha value is -1.96. The standard InChI is InChI=1S/C12H13N5O2S/c1-8(9-3-2-4-11(7-9)17(18)19)20-12-13-14-15-16(12)10-5-6-10/h2-4,7-8,10H,5-6H2,1H3/t8-/m1/s1. The molecular weight excluding hydrogens is 278 g/mol. The number of nitrogens with zero attached hydrogens (tertiary/aromatic N) is 5. The number of tetrazole rings is 1. The predicted molar refractivity (Wildman–Crippen MR) is 73.5 cm³/mol. The molecule has 1 saturated carbocycles. The summed E-state index contributed by atoms with van der Waals surface area (Å²) in [5.74, 6) is 0. The molecule has 0 radical (unpaired) electrons. The molecule has 2 aromatic rings. The van der Waals surface area contributed by atoms with Gasteiger partial charge in [-0.2, -0.15) is 0 Å². The fraction of sp³-hybridized carbons (Fsp3) is 0.417. The van der Waals surface area contributed by atoms with E-state index in [1.807, 2.05) is 17.7 Å². The normalized spacial score (nSPS) is 16.1. The van der Waals surface area contributed by atoms with Crippen molar-refractivity contribution >= 4 is 17.4 Å². The Morgan fingerprint density at radius 2 is 2.30 bits per heavy atom. The molecule has 1 atom stereocenters. The Morgan fingerprint density at radius 1 is 1.50 bits per heavy atom. The van der Waals surface area contributed by atoms with Gasteiger partial charge in [0.2, 0.25) is 5.16 Å². The van der Waals surface area contributed by atoms with Crippen LogP contribution in [-0.2, 0) is 0 Å². The number of non-ortho nitro benzene ring substituents is 1. The molecular formula is C12H13N5O2S. The molecule has 1 aromatic heterocycles. The van der Waals surface area contributed by atoms with Gasteiger partial charge in [0.25, 0.3) is 5.69 Å². The topological polar surface area (TPSA) is 86.7 Å². The molecule has 0 bridgehead atoms. The molecule has 0 aliphatic heterocycles. The lowest BCUT2D eigenvalue weighted by molar-refractivity contribution is -0.384. The van der Waals surface area contributed by atoms with Gasteiger partial charge in [-0.15, -0.1) is 5.10 Å². The van der Waals surface area contributed by atoms with Crippen LogP contribution in [0, 0.1) is 10.1 Å². The van der Waals surface area contributed by atoms with Gasteiger partial charge in [-0.05, 0) is 35.8 Å². The second-order valence-electron chi connectivity index (χ2n) is 4.75. The molecule has 1 heterocycles. The van der Waals surface area contributed by atoms with E-state index in [4.69, 9.17) is 0 Å². The molecule has 0 spiro atoms. The first kappa shape index (κ1) is 13.0. The summed E-state index contributed by atoms with van der Waals surface area (Å²) in [5.41, 5.74) is 1.01. The smallest absolute Gasteiger partial charge is 0.258 e. The molecule has 7 nitrogen and oxygen atoms in total. The molecule has 20 heavy (non-hydrogen) atoms. The van der Waals surface area contributed by atoms with Crippen molar-refractivity contribution in [3.05, 3.63) is 39.9 Å². The Kier molecular flexibility index (Phi) is 3.39. The minimum Gasteiger partial charge on any atom is -0.258 e. The van der Waals surface area contributed by atoms with E-state index in [1.165, 1.54) is 17.8 Å². The van der Waals surface area contributed by atoms with Crippen LogP contribution in [0.2, 0.25) is 0 Å². The largest absolute Gasteiger partial charge is 0.269 e. The monoisotopic (exact) mass is 291 g/mol. The van der Waals surface area contributed by atoms with Gasteiger partial charge in [0.1, 0.15) is 0 Å². The molecule has 1 aromatic carbocycles. The van der Waals surface area contributed by atoms with Crippen molar-refractivity contribution in [3.63, 3.8) is 0 Å². The van der Waals surface area contributed by atoms with Gasteiger partial charge in [0.05, 0.1) is 11.0 Å². The van der Waals surface area contributed by atoms with Gasteiger partial charge in [-0.25, -0.2) is 4.68 Å². The first-order valence-electron chi connectivity index (χ1n) is 6.34. The van der Waals surface area contributed by atoms with Gasteiger partial charge >= 0.3 is 0 Å². The lowest BCUT2D eigenvalue weighted by Crippen LogP contribution is -2.00. The Balaban J connectivity index is 1.78. The highest BCUT2D eigenvalue weighted by atomic mass is 32.2. The first-order chi connectivity index (χ1) is 9.65. The summed E-state index contributed by atoms with van der Waals surface area (Å²) in [7, 11) is 0. The lowest BCUT2D eigenvalue weighted by Gasteiger charge is -2.10. The summed E-state index contributed by atoms with van der Waals surface area (Å²) in [4.78, 5) is 10.4. The summed E-state index contributed by atoms with van der Waals surface area (Å²) in [6, 6.07) is 7.10. The molecule has 1 aliphatic rings. The van der Waals surface area contributed by atoms with Crippen molar-refractivity contribution in [1.82, 2.24) is 20.2 Å². The second kappa shape index (κ2) is 5.20. The van der Waals surface area contributed by atoms with Crippen molar-refractivity contribution in [1.29, 1.82) is 0 Å². The van der Waals surface area contributed by atoms with Crippen LogP contribution < -0.4 is 0 Å². The van der Waals surface area contributed by atoms with Crippen LogP contribution in [0.3, 0.4) is 0 Å². The third-order valence-corrected chi connectivity index (χ3v) is 4.29. The van der Waals surface area contributed by atoms with Crippen LogP contribution >= 0.6 is 11.8 Å². The van der Waals surface area contributed by atoms with Gasteiger partial charge in [-0.3, -0.25) is 10.1 Å². The maximum absolute atomic E-state index is 10.8. The highest BCUT2D eigenvalue weighted by molar-refractivity contribution is 7.99. The average Bonchev–Trinajstić information content (AvgIpc) is 3.19. The van der Waals surface area contributed by atoms with E-state index in [1.54, 1.807) is 12.1 Å². The van der Waals surface area contributed by atoms with E-state index >= 15 is 0 Å². The number of rotatable bonds is 5. The zero-order chi connectivity index (χ0) is 14.1. The third-order valence-electron chi connectivity index (χ3n) is 3.19.